The third-order valence-corrected chi connectivity index (χ3v) is 5.24. The first-order chi connectivity index (χ1) is 4.65. The van der Waals surface area contributed by atoms with E-state index < -0.39 is 6.63 Å². The fourth-order valence-electron chi connectivity index (χ4n) is 1.36. The van der Waals surface area contributed by atoms with Gasteiger partial charge in [0.05, 0.1) is 6.63 Å². The average molecular weight is 215 g/mol. The lowest BCUT2D eigenvalue weighted by Gasteiger charge is -2.32. The van der Waals surface area contributed by atoms with Gasteiger partial charge in [-0.15, -0.1) is 0 Å². The summed E-state index contributed by atoms with van der Waals surface area (Å²) < 4.78 is 0. The lowest BCUT2D eigenvalue weighted by atomic mass is 9.86. The van der Waals surface area contributed by atoms with Gasteiger partial charge in [0.1, 0.15) is 0 Å². The van der Waals surface area contributed by atoms with Crippen LogP contribution in [0.1, 0.15) is 41.0 Å². The highest BCUT2D eigenvalue weighted by Gasteiger charge is 2.31. The first kappa shape index (κ1) is 12.0. The molecule has 0 fully saturated rings. The fraction of sp³-hybridized carbons (Fsp3) is 1.00. The molecule has 11 heavy (non-hydrogen) atoms. The van der Waals surface area contributed by atoms with E-state index in [1.807, 2.05) is 0 Å². The molecule has 0 N–H and O–H groups in total. The second kappa shape index (κ2) is 3.81. The first-order valence-corrected chi connectivity index (χ1v) is 6.92. The molecule has 0 saturated heterocycles. The van der Waals surface area contributed by atoms with Crippen LogP contribution in [0.2, 0.25) is 0 Å². The van der Waals surface area contributed by atoms with Gasteiger partial charge in [0, 0.05) is 5.16 Å². The van der Waals surface area contributed by atoms with Crippen molar-refractivity contribution in [1.82, 2.24) is 0 Å². The summed E-state index contributed by atoms with van der Waals surface area (Å²) in [5, 5.41) is 0.0801. The normalized spacial score (nSPS) is 14.2. The van der Waals surface area contributed by atoms with Crippen LogP contribution in [0, 0.1) is 5.41 Å². The van der Waals surface area contributed by atoms with Crippen molar-refractivity contribution in [3.05, 3.63) is 0 Å². The van der Waals surface area contributed by atoms with Crippen LogP contribution in [0.15, 0.2) is 0 Å². The summed E-state index contributed by atoms with van der Waals surface area (Å²) in [5.41, 5.74) is 0.313. The first-order valence-electron chi connectivity index (χ1n) is 3.77. The zero-order chi connectivity index (χ0) is 9.28. The van der Waals surface area contributed by atoms with Gasteiger partial charge in [-0.2, -0.15) is 0 Å². The monoisotopic (exact) mass is 214 g/mol. The van der Waals surface area contributed by atoms with Crippen molar-refractivity contribution in [2.75, 3.05) is 0 Å². The smallest absolute Gasteiger partial charge is 0.0775 e. The van der Waals surface area contributed by atoms with Crippen LogP contribution < -0.4 is 0 Å². The number of hydrogen-bond acceptors (Lipinski definition) is 0. The molecule has 0 aromatic rings. The highest BCUT2D eigenvalue weighted by Crippen LogP contribution is 2.61. The topological polar surface area (TPSA) is 0 Å². The second-order valence-corrected chi connectivity index (χ2v) is 9.01. The van der Waals surface area contributed by atoms with Gasteiger partial charge >= 0.3 is 0 Å². The number of halogens is 2. The van der Waals surface area contributed by atoms with Gasteiger partial charge < -0.3 is 0 Å². The quantitative estimate of drug-likeness (QED) is 0.569. The molecule has 0 unspecified atom stereocenters. The Morgan fingerprint density at radius 3 is 1.45 bits per heavy atom. The standard InChI is InChI=1S/C8H17Cl2P/c1-7(2,3)6-8(4,5)11(9)10/h6H2,1-5H3. The van der Waals surface area contributed by atoms with Crippen molar-refractivity contribution in [3.63, 3.8) is 0 Å². The lowest BCUT2D eigenvalue weighted by Crippen LogP contribution is -2.22. The number of hydrogen-bond donors (Lipinski definition) is 0. The van der Waals surface area contributed by atoms with Crippen LogP contribution in [0.4, 0.5) is 0 Å². The Morgan fingerprint density at radius 2 is 1.36 bits per heavy atom. The van der Waals surface area contributed by atoms with E-state index in [-0.39, 0.29) is 5.16 Å². The summed E-state index contributed by atoms with van der Waals surface area (Å²) in [5.74, 6) is 0. The van der Waals surface area contributed by atoms with Crippen molar-refractivity contribution in [3.8, 4) is 0 Å². The predicted molar refractivity (Wildman–Crippen MR) is 56.8 cm³/mol. The third kappa shape index (κ3) is 5.28. The maximum Gasteiger partial charge on any atom is 0.0912 e. The minimum absolute atomic E-state index is 0.0801. The molecule has 0 aliphatic carbocycles. The van der Waals surface area contributed by atoms with Gasteiger partial charge in [-0.1, -0.05) is 57.1 Å². The van der Waals surface area contributed by atoms with E-state index in [4.69, 9.17) is 22.5 Å². The van der Waals surface area contributed by atoms with Crippen LogP contribution in [0.25, 0.3) is 0 Å². The SMILES string of the molecule is CC(C)(C)CC(C)(C)P(Cl)Cl. The Hall–Kier alpha value is 1.01. The summed E-state index contributed by atoms with van der Waals surface area (Å²) in [4.78, 5) is 0. The minimum Gasteiger partial charge on any atom is -0.0775 e. The van der Waals surface area contributed by atoms with E-state index in [0.29, 0.717) is 5.41 Å². The van der Waals surface area contributed by atoms with Crippen LogP contribution in [0.5, 0.6) is 0 Å². The molecular weight excluding hydrogens is 198 g/mol. The molecule has 0 aromatic carbocycles. The fourth-order valence-corrected chi connectivity index (χ4v) is 2.31. The molecule has 0 bridgehead atoms. The molecule has 0 nitrogen and oxygen atoms in total. The Labute approximate surface area is 81.0 Å². The van der Waals surface area contributed by atoms with E-state index in [1.54, 1.807) is 0 Å². The maximum absolute atomic E-state index is 5.91. The van der Waals surface area contributed by atoms with E-state index in [1.165, 1.54) is 0 Å². The highest BCUT2D eigenvalue weighted by molar-refractivity contribution is 8.04. The Morgan fingerprint density at radius 1 is 1.00 bits per heavy atom. The highest BCUT2D eigenvalue weighted by atomic mass is 35.9. The summed E-state index contributed by atoms with van der Waals surface area (Å²) in [6.45, 7) is 10.0. The zero-order valence-corrected chi connectivity index (χ0v) is 10.3. The van der Waals surface area contributed by atoms with Crippen LogP contribution >= 0.6 is 29.1 Å². The molecule has 0 rings (SSSR count). The Kier molecular flexibility index (Phi) is 4.16. The largest absolute Gasteiger partial charge is 0.0912 e. The zero-order valence-electron chi connectivity index (χ0n) is 7.91. The molecule has 0 amide bonds. The molecule has 3 heteroatoms. The maximum atomic E-state index is 5.91. The van der Waals surface area contributed by atoms with Gasteiger partial charge in [-0.3, -0.25) is 0 Å². The van der Waals surface area contributed by atoms with E-state index in [9.17, 15) is 0 Å². The molecule has 0 heterocycles. The van der Waals surface area contributed by atoms with E-state index in [2.05, 4.69) is 34.6 Å². The van der Waals surface area contributed by atoms with Gasteiger partial charge in [-0.25, -0.2) is 0 Å². The average Bonchev–Trinajstić information content (AvgIpc) is 1.56. The molecule has 0 atom stereocenters. The summed E-state index contributed by atoms with van der Waals surface area (Å²) in [6, 6.07) is 0. The van der Waals surface area contributed by atoms with Crippen molar-refractivity contribution in [2.45, 2.75) is 46.2 Å². The van der Waals surface area contributed by atoms with Crippen LogP contribution in [-0.4, -0.2) is 5.16 Å². The second-order valence-electron chi connectivity index (χ2n) is 4.78. The van der Waals surface area contributed by atoms with Crippen molar-refractivity contribution in [2.24, 2.45) is 5.41 Å². The molecular formula is C8H17Cl2P. The summed E-state index contributed by atoms with van der Waals surface area (Å²) in [7, 11) is 0. The lowest BCUT2D eigenvalue weighted by molar-refractivity contribution is 0.338. The summed E-state index contributed by atoms with van der Waals surface area (Å²) >= 11 is 11.8. The van der Waals surface area contributed by atoms with Crippen LogP contribution in [-0.2, 0) is 0 Å². The Bertz CT molecular complexity index is 125. The van der Waals surface area contributed by atoms with Crippen LogP contribution in [0.3, 0.4) is 0 Å². The van der Waals surface area contributed by atoms with Crippen molar-refractivity contribution >= 4 is 29.1 Å². The number of rotatable bonds is 2. The Balaban J connectivity index is 4.13. The van der Waals surface area contributed by atoms with E-state index >= 15 is 0 Å². The molecule has 0 aliphatic heterocycles. The predicted octanol–water partition coefficient (Wildman–Crippen LogP) is 4.99. The van der Waals surface area contributed by atoms with E-state index in [0.717, 1.165) is 6.42 Å². The third-order valence-electron chi connectivity index (χ3n) is 1.42. The minimum atomic E-state index is -0.864. The molecule has 0 spiro atoms. The van der Waals surface area contributed by atoms with Gasteiger partial charge in [0.25, 0.3) is 0 Å². The molecule has 0 radical (unpaired) electrons. The van der Waals surface area contributed by atoms with Crippen molar-refractivity contribution in [1.29, 1.82) is 0 Å². The van der Waals surface area contributed by atoms with Gasteiger partial charge in [0.15, 0.2) is 0 Å². The van der Waals surface area contributed by atoms with Gasteiger partial charge in [0.2, 0.25) is 0 Å². The molecule has 0 aromatic heterocycles. The molecule has 0 saturated carbocycles. The van der Waals surface area contributed by atoms with Crippen molar-refractivity contribution < 1.29 is 0 Å². The van der Waals surface area contributed by atoms with Gasteiger partial charge in [-0.05, 0) is 11.8 Å². The molecule has 0 aliphatic rings. The summed E-state index contributed by atoms with van der Waals surface area (Å²) in [6.07, 6.45) is 1.07. The molecule has 68 valence electrons.